The molecule has 3 aromatic carbocycles. The van der Waals surface area contributed by atoms with E-state index in [-0.39, 0.29) is 6.03 Å². The van der Waals surface area contributed by atoms with Crippen LogP contribution in [-0.4, -0.2) is 24.6 Å². The van der Waals surface area contributed by atoms with Gasteiger partial charge >= 0.3 is 6.03 Å². The maximum atomic E-state index is 13.0. The molecule has 29 heavy (non-hydrogen) atoms. The SMILES string of the molecule is COc1ccccc1CN(CCc1ccc(Cl)cc1Cl)C(=O)Nc1ccccc1. The summed E-state index contributed by atoms with van der Waals surface area (Å²) in [6, 6.07) is 22.3. The van der Waals surface area contributed by atoms with Gasteiger partial charge in [-0.05, 0) is 42.3 Å². The highest BCUT2D eigenvalue weighted by Gasteiger charge is 2.17. The number of para-hydroxylation sites is 2. The number of carbonyl (C=O) groups excluding carboxylic acids is 1. The maximum absolute atomic E-state index is 13.0. The normalized spacial score (nSPS) is 10.4. The van der Waals surface area contributed by atoms with Crippen LogP contribution in [0.1, 0.15) is 11.1 Å². The average molecular weight is 429 g/mol. The van der Waals surface area contributed by atoms with Crippen molar-refractivity contribution in [2.24, 2.45) is 0 Å². The first-order valence-corrected chi connectivity index (χ1v) is 9.99. The van der Waals surface area contributed by atoms with Crippen LogP contribution in [0.25, 0.3) is 0 Å². The van der Waals surface area contributed by atoms with Gasteiger partial charge in [-0.2, -0.15) is 0 Å². The minimum Gasteiger partial charge on any atom is -0.496 e. The van der Waals surface area contributed by atoms with Crippen LogP contribution >= 0.6 is 23.2 Å². The van der Waals surface area contributed by atoms with Crippen molar-refractivity contribution in [2.75, 3.05) is 19.0 Å². The van der Waals surface area contributed by atoms with E-state index >= 15 is 0 Å². The topological polar surface area (TPSA) is 41.6 Å². The van der Waals surface area contributed by atoms with Crippen molar-refractivity contribution in [3.8, 4) is 5.75 Å². The third-order valence-electron chi connectivity index (χ3n) is 4.53. The fourth-order valence-electron chi connectivity index (χ4n) is 3.00. The Morgan fingerprint density at radius 3 is 2.41 bits per heavy atom. The second-order valence-corrected chi connectivity index (χ2v) is 7.36. The molecule has 0 aliphatic rings. The smallest absolute Gasteiger partial charge is 0.322 e. The Labute approximate surface area is 181 Å². The van der Waals surface area contributed by atoms with Crippen LogP contribution in [0.4, 0.5) is 10.5 Å². The van der Waals surface area contributed by atoms with Crippen molar-refractivity contribution in [3.63, 3.8) is 0 Å². The fourth-order valence-corrected chi connectivity index (χ4v) is 3.50. The summed E-state index contributed by atoms with van der Waals surface area (Å²) in [5, 5.41) is 4.14. The highest BCUT2D eigenvalue weighted by Crippen LogP contribution is 2.23. The first-order chi connectivity index (χ1) is 14.1. The number of ether oxygens (including phenoxy) is 1. The molecule has 0 aliphatic heterocycles. The summed E-state index contributed by atoms with van der Waals surface area (Å²) in [5.74, 6) is 0.745. The lowest BCUT2D eigenvalue weighted by molar-refractivity contribution is 0.209. The lowest BCUT2D eigenvalue weighted by atomic mass is 10.1. The molecule has 2 amide bonds. The molecule has 0 heterocycles. The summed E-state index contributed by atoms with van der Waals surface area (Å²) in [6.07, 6.45) is 0.605. The number of rotatable bonds is 7. The molecule has 3 rings (SSSR count). The molecule has 0 spiro atoms. The monoisotopic (exact) mass is 428 g/mol. The van der Waals surface area contributed by atoms with Gasteiger partial charge in [-0.1, -0.05) is 65.7 Å². The van der Waals surface area contributed by atoms with Gasteiger partial charge in [0.1, 0.15) is 5.75 Å². The number of nitrogens with zero attached hydrogens (tertiary/aromatic N) is 1. The summed E-state index contributed by atoms with van der Waals surface area (Å²) in [4.78, 5) is 14.7. The fraction of sp³-hybridized carbons (Fsp3) is 0.174. The van der Waals surface area contributed by atoms with E-state index in [9.17, 15) is 4.79 Å². The van der Waals surface area contributed by atoms with Gasteiger partial charge in [0, 0.05) is 27.8 Å². The molecule has 0 aromatic heterocycles. The zero-order valence-electron chi connectivity index (χ0n) is 16.1. The second-order valence-electron chi connectivity index (χ2n) is 6.52. The number of benzene rings is 3. The summed E-state index contributed by atoms with van der Waals surface area (Å²) in [7, 11) is 1.63. The van der Waals surface area contributed by atoms with Crippen LogP contribution in [0.3, 0.4) is 0 Å². The Hall–Kier alpha value is -2.69. The maximum Gasteiger partial charge on any atom is 0.322 e. The number of nitrogens with one attached hydrogen (secondary N) is 1. The highest BCUT2D eigenvalue weighted by atomic mass is 35.5. The molecule has 1 N–H and O–H groups in total. The van der Waals surface area contributed by atoms with E-state index in [2.05, 4.69) is 5.32 Å². The lowest BCUT2D eigenvalue weighted by Crippen LogP contribution is -2.36. The standard InChI is InChI=1S/C23H22Cl2N2O2/c1-29-22-10-6-5-7-18(22)16-27(23(28)26-20-8-3-2-4-9-20)14-13-17-11-12-19(24)15-21(17)25/h2-12,15H,13-14,16H2,1H3,(H,26,28). The molecule has 6 heteroatoms. The van der Waals surface area contributed by atoms with Gasteiger partial charge in [0.25, 0.3) is 0 Å². The Kier molecular flexibility index (Phi) is 7.39. The molecule has 0 aliphatic carbocycles. The van der Waals surface area contributed by atoms with Crippen molar-refractivity contribution in [1.82, 2.24) is 4.90 Å². The van der Waals surface area contributed by atoms with Gasteiger partial charge in [0.2, 0.25) is 0 Å². The van der Waals surface area contributed by atoms with Gasteiger partial charge in [-0.15, -0.1) is 0 Å². The van der Waals surface area contributed by atoms with Crippen LogP contribution in [0.15, 0.2) is 72.8 Å². The van der Waals surface area contributed by atoms with E-state index in [0.29, 0.717) is 29.6 Å². The van der Waals surface area contributed by atoms with E-state index in [1.54, 1.807) is 24.1 Å². The molecule has 0 fully saturated rings. The number of urea groups is 1. The van der Waals surface area contributed by atoms with Crippen LogP contribution in [0.5, 0.6) is 5.75 Å². The van der Waals surface area contributed by atoms with E-state index in [0.717, 1.165) is 22.6 Å². The molecular formula is C23H22Cl2N2O2. The van der Waals surface area contributed by atoms with E-state index in [1.807, 2.05) is 60.7 Å². The van der Waals surface area contributed by atoms with Gasteiger partial charge in [0.05, 0.1) is 13.7 Å². The first kappa shape index (κ1) is 21.0. The molecule has 3 aromatic rings. The second kappa shape index (κ2) is 10.2. The van der Waals surface area contributed by atoms with Crippen molar-refractivity contribution in [2.45, 2.75) is 13.0 Å². The predicted molar refractivity (Wildman–Crippen MR) is 119 cm³/mol. The largest absolute Gasteiger partial charge is 0.496 e. The molecule has 0 unspecified atom stereocenters. The molecule has 0 radical (unpaired) electrons. The number of carbonyl (C=O) groups is 1. The van der Waals surface area contributed by atoms with Crippen LogP contribution in [-0.2, 0) is 13.0 Å². The third-order valence-corrected chi connectivity index (χ3v) is 5.12. The van der Waals surface area contributed by atoms with Crippen molar-refractivity contribution < 1.29 is 9.53 Å². The van der Waals surface area contributed by atoms with Gasteiger partial charge in [-0.3, -0.25) is 0 Å². The number of hydrogen-bond acceptors (Lipinski definition) is 2. The van der Waals surface area contributed by atoms with Crippen LogP contribution in [0, 0.1) is 0 Å². The summed E-state index contributed by atoms with van der Waals surface area (Å²) >= 11 is 12.3. The molecule has 0 saturated heterocycles. The lowest BCUT2D eigenvalue weighted by Gasteiger charge is -2.24. The minimum absolute atomic E-state index is 0.188. The van der Waals surface area contributed by atoms with E-state index < -0.39 is 0 Å². The molecular weight excluding hydrogens is 407 g/mol. The molecule has 0 saturated carbocycles. The molecule has 0 bridgehead atoms. The Morgan fingerprint density at radius 1 is 0.966 bits per heavy atom. The van der Waals surface area contributed by atoms with Gasteiger partial charge in [0.15, 0.2) is 0 Å². The van der Waals surface area contributed by atoms with Crippen molar-refractivity contribution in [3.05, 3.63) is 94.0 Å². The zero-order valence-corrected chi connectivity index (χ0v) is 17.6. The summed E-state index contributed by atoms with van der Waals surface area (Å²) in [6.45, 7) is 0.895. The Bertz CT molecular complexity index is 964. The molecule has 150 valence electrons. The zero-order chi connectivity index (χ0) is 20.6. The minimum atomic E-state index is -0.188. The average Bonchev–Trinajstić information content (AvgIpc) is 2.73. The van der Waals surface area contributed by atoms with Crippen molar-refractivity contribution >= 4 is 34.9 Å². The number of halogens is 2. The number of methoxy groups -OCH3 is 1. The third kappa shape index (κ3) is 5.89. The number of amides is 2. The van der Waals surface area contributed by atoms with Gasteiger partial charge in [-0.25, -0.2) is 4.79 Å². The van der Waals surface area contributed by atoms with E-state index in [1.165, 1.54) is 0 Å². The molecule has 0 atom stereocenters. The Morgan fingerprint density at radius 2 is 1.69 bits per heavy atom. The number of anilines is 1. The van der Waals surface area contributed by atoms with Gasteiger partial charge < -0.3 is 15.0 Å². The van der Waals surface area contributed by atoms with Crippen molar-refractivity contribution in [1.29, 1.82) is 0 Å². The first-order valence-electron chi connectivity index (χ1n) is 9.23. The Balaban J connectivity index is 1.79. The molecule has 4 nitrogen and oxygen atoms in total. The highest BCUT2D eigenvalue weighted by molar-refractivity contribution is 6.35. The van der Waals surface area contributed by atoms with Crippen LogP contribution < -0.4 is 10.1 Å². The van der Waals surface area contributed by atoms with Crippen LogP contribution in [0.2, 0.25) is 10.0 Å². The summed E-state index contributed by atoms with van der Waals surface area (Å²) < 4.78 is 5.45. The predicted octanol–water partition coefficient (Wildman–Crippen LogP) is 6.28. The summed E-state index contributed by atoms with van der Waals surface area (Å²) in [5.41, 5.74) is 2.61. The quantitative estimate of drug-likeness (QED) is 0.480. The van der Waals surface area contributed by atoms with E-state index in [4.69, 9.17) is 27.9 Å². The number of hydrogen-bond donors (Lipinski definition) is 1.